The van der Waals surface area contributed by atoms with Crippen molar-refractivity contribution >= 4 is 16.8 Å². The second-order valence-electron chi connectivity index (χ2n) is 0. The maximum absolute atomic E-state index is 0. The number of hydrogen-bond acceptors (Lipinski definition) is 0. The zero-order valence-corrected chi connectivity index (χ0v) is 10.9. The Bertz CT molecular complexity index is 13.7. The first-order valence-corrected chi connectivity index (χ1v) is 0. The summed E-state index contributed by atoms with van der Waals surface area (Å²) in [6, 6.07) is 0. The summed E-state index contributed by atoms with van der Waals surface area (Å²) in [5.41, 5.74) is 0. The van der Waals surface area contributed by atoms with Gasteiger partial charge in [-0.25, -0.2) is 0 Å². The molecule has 0 amide bonds. The fourth-order valence-electron chi connectivity index (χ4n) is 0. The molecular weight excluding hydrogens is 560 g/mol. The molecule has 0 heterocycles. The fourth-order valence-corrected chi connectivity index (χ4v) is 0. The molecule has 0 nitrogen and oxygen atoms in total. The molecule has 0 unspecified atom stereocenters. The molecular formula is H6B2Fe2NiW2. The number of hydrogen-bond donors (Lipinski definition) is 0. The monoisotopic (exact) mass is 566 g/mol. The SMILES string of the molecule is B.B.[Fe].[Fe].[Ni].[W].[W]. The van der Waals surface area contributed by atoms with Crippen molar-refractivity contribution in [1.29, 1.82) is 0 Å². The minimum absolute atomic E-state index is 0. The maximum Gasteiger partial charge on any atom is 0.0814 e. The summed E-state index contributed by atoms with van der Waals surface area (Å²) in [6.45, 7) is 0. The Balaban J connectivity index is 0. The summed E-state index contributed by atoms with van der Waals surface area (Å²) in [4.78, 5) is 0. The fraction of sp³-hybridized carbons (Fsp3) is 0. The van der Waals surface area contributed by atoms with Crippen LogP contribution in [0, 0.1) is 0 Å². The van der Waals surface area contributed by atoms with E-state index in [2.05, 4.69) is 0 Å². The van der Waals surface area contributed by atoms with Gasteiger partial charge in [-0.05, 0) is 0 Å². The average molecular weight is 566 g/mol. The maximum atomic E-state index is 0. The molecule has 0 saturated heterocycles. The van der Waals surface area contributed by atoms with Gasteiger partial charge in [-0.15, -0.1) is 0 Å². The third-order valence-electron chi connectivity index (χ3n) is 0. The Morgan fingerprint density at radius 1 is 0.571 bits per heavy atom. The van der Waals surface area contributed by atoms with Crippen molar-refractivity contribution < 1.29 is 92.8 Å². The zero-order valence-electron chi connectivity index (χ0n) is 1.84. The normalized spacial score (nSPS) is 0. The van der Waals surface area contributed by atoms with Crippen LogP contribution in [0.1, 0.15) is 0 Å². The van der Waals surface area contributed by atoms with Gasteiger partial charge in [0.1, 0.15) is 0 Å². The minimum atomic E-state index is 0. The van der Waals surface area contributed by atoms with Gasteiger partial charge in [-0.1, -0.05) is 0 Å². The molecule has 0 atom stereocenters. The van der Waals surface area contributed by atoms with Crippen LogP contribution < -0.4 is 0 Å². The van der Waals surface area contributed by atoms with Crippen LogP contribution in [0.3, 0.4) is 0 Å². The van der Waals surface area contributed by atoms with Gasteiger partial charge in [-0.2, -0.15) is 0 Å². The smallest absolute Gasteiger partial charge is 0 e. The molecule has 0 N–H and O–H groups in total. The quantitative estimate of drug-likeness (QED) is 0.288. The van der Waals surface area contributed by atoms with E-state index >= 15 is 0 Å². The van der Waals surface area contributed by atoms with Crippen LogP contribution in [0.2, 0.25) is 0 Å². The molecule has 0 fully saturated rings. The van der Waals surface area contributed by atoms with E-state index in [-0.39, 0.29) is 110 Å². The molecule has 0 rings (SSSR count). The van der Waals surface area contributed by atoms with Crippen molar-refractivity contribution in [3.05, 3.63) is 0 Å². The predicted molar refractivity (Wildman–Crippen MR) is 19.9 cm³/mol. The van der Waals surface area contributed by atoms with Crippen molar-refractivity contribution in [2.24, 2.45) is 0 Å². The molecule has 50 valence electrons. The van der Waals surface area contributed by atoms with Gasteiger partial charge >= 0.3 is 0 Å². The molecule has 0 aromatic carbocycles. The van der Waals surface area contributed by atoms with Crippen molar-refractivity contribution in [2.45, 2.75) is 0 Å². The summed E-state index contributed by atoms with van der Waals surface area (Å²) in [7, 11) is 0. The van der Waals surface area contributed by atoms with Gasteiger partial charge in [0.05, 0.1) is 16.8 Å². The van der Waals surface area contributed by atoms with E-state index in [1.165, 1.54) is 0 Å². The molecule has 0 aliphatic heterocycles. The van der Waals surface area contributed by atoms with Gasteiger partial charge in [-0.3, -0.25) is 0 Å². The van der Waals surface area contributed by atoms with Gasteiger partial charge in [0, 0.05) is 92.8 Å². The molecule has 7 heavy (non-hydrogen) atoms. The first kappa shape index (κ1) is 88.8. The molecule has 0 aromatic heterocycles. The van der Waals surface area contributed by atoms with Gasteiger partial charge in [0.25, 0.3) is 0 Å². The topological polar surface area (TPSA) is 0 Å². The standard InChI is InChI=1S/2BH3.2Fe.Ni.2W/h2*1H3;;;;;. The van der Waals surface area contributed by atoms with E-state index in [0.717, 1.165) is 0 Å². The molecule has 0 radical (unpaired) electrons. The van der Waals surface area contributed by atoms with Crippen LogP contribution in [0.25, 0.3) is 0 Å². The van der Waals surface area contributed by atoms with E-state index in [0.29, 0.717) is 0 Å². The third kappa shape index (κ3) is 48.5. The summed E-state index contributed by atoms with van der Waals surface area (Å²) in [6.07, 6.45) is 0. The van der Waals surface area contributed by atoms with Gasteiger partial charge in [0.2, 0.25) is 0 Å². The predicted octanol–water partition coefficient (Wildman–Crippen LogP) is -2.38. The minimum Gasteiger partial charge on any atom is 0 e. The van der Waals surface area contributed by atoms with Crippen molar-refractivity contribution in [2.75, 3.05) is 0 Å². The van der Waals surface area contributed by atoms with Crippen LogP contribution in [0.4, 0.5) is 0 Å². The summed E-state index contributed by atoms with van der Waals surface area (Å²) in [5.74, 6) is 0. The largest absolute Gasteiger partial charge is 0.0814 e. The summed E-state index contributed by atoms with van der Waals surface area (Å²) >= 11 is 0. The molecule has 0 aliphatic rings. The summed E-state index contributed by atoms with van der Waals surface area (Å²) in [5, 5.41) is 0. The Morgan fingerprint density at radius 2 is 0.571 bits per heavy atom. The Kier molecular flexibility index (Phi) is 803. The molecule has 0 aliphatic carbocycles. The van der Waals surface area contributed by atoms with E-state index in [4.69, 9.17) is 0 Å². The van der Waals surface area contributed by atoms with Gasteiger partial charge < -0.3 is 0 Å². The van der Waals surface area contributed by atoms with Crippen LogP contribution in [-0.2, 0) is 92.8 Å². The summed E-state index contributed by atoms with van der Waals surface area (Å²) < 4.78 is 0. The second-order valence-corrected chi connectivity index (χ2v) is 0. The van der Waals surface area contributed by atoms with E-state index < -0.39 is 0 Å². The molecule has 0 aromatic rings. The van der Waals surface area contributed by atoms with Gasteiger partial charge in [0.15, 0.2) is 0 Å². The molecule has 7 heteroatoms. The molecule has 0 spiro atoms. The molecule has 0 bridgehead atoms. The van der Waals surface area contributed by atoms with Crippen molar-refractivity contribution in [3.63, 3.8) is 0 Å². The van der Waals surface area contributed by atoms with Crippen LogP contribution in [-0.4, -0.2) is 16.8 Å². The van der Waals surface area contributed by atoms with Crippen LogP contribution in [0.15, 0.2) is 0 Å². The van der Waals surface area contributed by atoms with Crippen molar-refractivity contribution in [3.8, 4) is 0 Å². The average Bonchev–Trinajstić information content (AvgIpc) is 0. The van der Waals surface area contributed by atoms with Crippen molar-refractivity contribution in [1.82, 2.24) is 0 Å². The molecule has 0 saturated carbocycles. The van der Waals surface area contributed by atoms with Crippen LogP contribution in [0.5, 0.6) is 0 Å². The van der Waals surface area contributed by atoms with Crippen LogP contribution >= 0.6 is 0 Å². The second kappa shape index (κ2) is 63.3. The Labute approximate surface area is 108 Å². The van der Waals surface area contributed by atoms with E-state index in [1.807, 2.05) is 0 Å². The van der Waals surface area contributed by atoms with E-state index in [1.54, 1.807) is 0 Å². The third-order valence-corrected chi connectivity index (χ3v) is 0. The first-order valence-electron chi connectivity index (χ1n) is 0. The number of rotatable bonds is 0. The zero-order chi connectivity index (χ0) is 0. The van der Waals surface area contributed by atoms with E-state index in [9.17, 15) is 0 Å². The first-order chi connectivity index (χ1) is 0. The Morgan fingerprint density at radius 3 is 0.571 bits per heavy atom. The Hall–Kier alpha value is 3.04.